The van der Waals surface area contributed by atoms with Gasteiger partial charge in [0.2, 0.25) is 0 Å². The molecule has 0 spiro atoms. The quantitative estimate of drug-likeness (QED) is 0.846. The van der Waals surface area contributed by atoms with E-state index in [4.69, 9.17) is 0 Å². The van der Waals surface area contributed by atoms with Gasteiger partial charge < -0.3 is 20.1 Å². The molecule has 0 aliphatic carbocycles. The summed E-state index contributed by atoms with van der Waals surface area (Å²) in [7, 11) is 0. The number of hydrogen-bond donors (Lipinski definition) is 2. The van der Waals surface area contributed by atoms with Gasteiger partial charge in [-0.2, -0.15) is 0 Å². The van der Waals surface area contributed by atoms with Gasteiger partial charge in [-0.25, -0.2) is 9.78 Å². The van der Waals surface area contributed by atoms with E-state index in [-0.39, 0.29) is 18.0 Å². The lowest BCUT2D eigenvalue weighted by Gasteiger charge is -2.34. The Labute approximate surface area is 123 Å². The summed E-state index contributed by atoms with van der Waals surface area (Å²) < 4.78 is 0. The van der Waals surface area contributed by atoms with Crippen LogP contribution < -0.4 is 5.32 Å². The van der Waals surface area contributed by atoms with E-state index in [1.807, 2.05) is 9.80 Å². The summed E-state index contributed by atoms with van der Waals surface area (Å²) in [5.41, 5.74) is 0.477. The van der Waals surface area contributed by atoms with Crippen LogP contribution in [0.4, 0.5) is 4.79 Å². The van der Waals surface area contributed by atoms with E-state index in [1.165, 1.54) is 12.5 Å². The summed E-state index contributed by atoms with van der Waals surface area (Å²) in [6, 6.07) is 0.286. The third kappa shape index (κ3) is 3.17. The van der Waals surface area contributed by atoms with Gasteiger partial charge in [-0.1, -0.05) is 0 Å². The first-order valence-electron chi connectivity index (χ1n) is 7.57. The van der Waals surface area contributed by atoms with Gasteiger partial charge in [0.15, 0.2) is 0 Å². The van der Waals surface area contributed by atoms with Crippen LogP contribution in [0.5, 0.6) is 0 Å². The fraction of sp³-hybridized carbons (Fsp3) is 0.643. The fourth-order valence-corrected chi connectivity index (χ4v) is 2.97. The van der Waals surface area contributed by atoms with Crippen molar-refractivity contribution >= 4 is 11.9 Å². The van der Waals surface area contributed by atoms with Gasteiger partial charge in [-0.15, -0.1) is 0 Å². The zero-order chi connectivity index (χ0) is 14.7. The van der Waals surface area contributed by atoms with Gasteiger partial charge in [0.1, 0.15) is 5.69 Å². The number of rotatable bonds is 2. The number of likely N-dealkylation sites (tertiary alicyclic amines) is 2. The van der Waals surface area contributed by atoms with Gasteiger partial charge in [-0.05, 0) is 25.7 Å². The number of nitrogens with zero attached hydrogens (tertiary/aromatic N) is 3. The second-order valence-electron chi connectivity index (χ2n) is 5.68. The smallest absolute Gasteiger partial charge is 0.319 e. The minimum absolute atomic E-state index is 0.128. The van der Waals surface area contributed by atoms with Crippen molar-refractivity contribution < 1.29 is 9.59 Å². The average Bonchev–Trinajstić information content (AvgIpc) is 3.20. The molecule has 0 bridgehead atoms. The van der Waals surface area contributed by atoms with E-state index in [0.717, 1.165) is 38.8 Å². The van der Waals surface area contributed by atoms with E-state index >= 15 is 0 Å². The number of hydrogen-bond acceptors (Lipinski definition) is 3. The van der Waals surface area contributed by atoms with Gasteiger partial charge >= 0.3 is 6.03 Å². The Hall–Kier alpha value is -2.05. The maximum atomic E-state index is 12.3. The minimum Gasteiger partial charge on any atom is -0.348 e. The van der Waals surface area contributed by atoms with Crippen molar-refractivity contribution in [2.75, 3.05) is 26.2 Å². The minimum atomic E-state index is -0.128. The van der Waals surface area contributed by atoms with Crippen LogP contribution in [0.25, 0.3) is 0 Å². The molecule has 3 rings (SSSR count). The summed E-state index contributed by atoms with van der Waals surface area (Å²) in [4.78, 5) is 34.7. The second kappa shape index (κ2) is 6.15. The van der Waals surface area contributed by atoms with Crippen molar-refractivity contribution in [1.82, 2.24) is 25.1 Å². The number of H-pyrrole nitrogens is 1. The van der Waals surface area contributed by atoms with Crippen LogP contribution in [-0.4, -0.2) is 63.9 Å². The van der Waals surface area contributed by atoms with Gasteiger partial charge in [-0.3, -0.25) is 4.79 Å². The summed E-state index contributed by atoms with van der Waals surface area (Å²) >= 11 is 0. The van der Waals surface area contributed by atoms with Crippen LogP contribution in [0, 0.1) is 0 Å². The average molecular weight is 291 g/mol. The van der Waals surface area contributed by atoms with Crippen LogP contribution in [-0.2, 0) is 0 Å². The zero-order valence-corrected chi connectivity index (χ0v) is 12.0. The first kappa shape index (κ1) is 13.9. The van der Waals surface area contributed by atoms with Crippen LogP contribution in [0.15, 0.2) is 12.5 Å². The molecule has 1 aromatic rings. The molecule has 2 aliphatic rings. The molecule has 21 heavy (non-hydrogen) atoms. The topological polar surface area (TPSA) is 81.3 Å². The molecule has 3 amide bonds. The molecule has 0 aromatic carbocycles. The highest BCUT2D eigenvalue weighted by atomic mass is 16.2. The molecule has 2 N–H and O–H groups in total. The van der Waals surface area contributed by atoms with Crippen LogP contribution in [0.1, 0.15) is 36.2 Å². The molecule has 114 valence electrons. The lowest BCUT2D eigenvalue weighted by molar-refractivity contribution is 0.0908. The number of amides is 3. The number of aromatic nitrogens is 2. The first-order valence-corrected chi connectivity index (χ1v) is 7.57. The second-order valence-corrected chi connectivity index (χ2v) is 5.68. The van der Waals surface area contributed by atoms with E-state index in [9.17, 15) is 9.59 Å². The van der Waals surface area contributed by atoms with Gasteiger partial charge in [0.05, 0.1) is 12.5 Å². The molecule has 3 heterocycles. The highest BCUT2D eigenvalue weighted by molar-refractivity contribution is 5.92. The first-order chi connectivity index (χ1) is 10.2. The monoisotopic (exact) mass is 291 g/mol. The normalized spacial score (nSPS) is 19.8. The maximum Gasteiger partial charge on any atom is 0.319 e. The number of urea groups is 1. The summed E-state index contributed by atoms with van der Waals surface area (Å²) in [6.07, 6.45) is 6.84. The number of nitrogens with one attached hydrogen (secondary N) is 2. The van der Waals surface area contributed by atoms with E-state index in [1.54, 1.807) is 0 Å². The molecule has 1 aromatic heterocycles. The number of carbonyl (C=O) groups is 2. The van der Waals surface area contributed by atoms with Crippen LogP contribution in [0.2, 0.25) is 0 Å². The molecule has 7 nitrogen and oxygen atoms in total. The van der Waals surface area contributed by atoms with Crippen LogP contribution in [0.3, 0.4) is 0 Å². The summed E-state index contributed by atoms with van der Waals surface area (Å²) in [6.45, 7) is 3.19. The van der Waals surface area contributed by atoms with Gasteiger partial charge in [0.25, 0.3) is 5.91 Å². The summed E-state index contributed by atoms with van der Waals surface area (Å²) in [5, 5.41) is 2.99. The van der Waals surface area contributed by atoms with E-state index in [0.29, 0.717) is 18.8 Å². The molecule has 0 atom stereocenters. The zero-order valence-electron chi connectivity index (χ0n) is 12.0. The Morgan fingerprint density at radius 2 is 1.81 bits per heavy atom. The lowest BCUT2D eigenvalue weighted by atomic mass is 10.1. The highest BCUT2D eigenvalue weighted by Gasteiger charge is 2.28. The molecule has 2 saturated heterocycles. The Kier molecular flexibility index (Phi) is 4.08. The molecule has 2 aliphatic heterocycles. The molecular weight excluding hydrogens is 270 g/mol. The summed E-state index contributed by atoms with van der Waals surface area (Å²) in [5.74, 6) is -0.128. The van der Waals surface area contributed by atoms with Crippen molar-refractivity contribution in [3.8, 4) is 0 Å². The molecule has 2 fully saturated rings. The maximum absolute atomic E-state index is 12.3. The molecule has 7 heteroatoms. The highest BCUT2D eigenvalue weighted by Crippen LogP contribution is 2.16. The fourth-order valence-electron chi connectivity index (χ4n) is 2.97. The molecule has 0 radical (unpaired) electrons. The Bertz CT molecular complexity index is 487. The standard InChI is InChI=1S/C14H21N5O2/c20-13(12-9-15-10-16-12)17-11-3-7-19(8-4-11)14(21)18-5-1-2-6-18/h9-11H,1-8H2,(H,15,16)(H,17,20). The van der Waals surface area contributed by atoms with E-state index < -0.39 is 0 Å². The van der Waals surface area contributed by atoms with Crippen molar-refractivity contribution in [2.45, 2.75) is 31.7 Å². The SMILES string of the molecule is O=C(NC1CCN(C(=O)N2CCCC2)CC1)c1cnc[nH]1. The Morgan fingerprint density at radius 3 is 2.43 bits per heavy atom. The molecule has 0 unspecified atom stereocenters. The third-order valence-electron chi connectivity index (χ3n) is 4.22. The van der Waals surface area contributed by atoms with Crippen molar-refractivity contribution in [3.05, 3.63) is 18.2 Å². The van der Waals surface area contributed by atoms with Crippen molar-refractivity contribution in [1.29, 1.82) is 0 Å². The van der Waals surface area contributed by atoms with Crippen molar-refractivity contribution in [3.63, 3.8) is 0 Å². The molecular formula is C14H21N5O2. The van der Waals surface area contributed by atoms with Crippen LogP contribution >= 0.6 is 0 Å². The largest absolute Gasteiger partial charge is 0.348 e. The number of piperidine rings is 1. The number of imidazole rings is 1. The lowest BCUT2D eigenvalue weighted by Crippen LogP contribution is -2.50. The predicted molar refractivity (Wildman–Crippen MR) is 76.9 cm³/mol. The third-order valence-corrected chi connectivity index (χ3v) is 4.22. The predicted octanol–water partition coefficient (Wildman–Crippen LogP) is 0.820. The number of carbonyl (C=O) groups excluding carboxylic acids is 2. The Morgan fingerprint density at radius 1 is 1.14 bits per heavy atom. The van der Waals surface area contributed by atoms with Gasteiger partial charge in [0, 0.05) is 32.2 Å². The molecule has 0 saturated carbocycles. The number of aromatic amines is 1. The van der Waals surface area contributed by atoms with E-state index in [2.05, 4.69) is 15.3 Å². The Balaban J connectivity index is 1.46. The van der Waals surface area contributed by atoms with Crippen molar-refractivity contribution in [2.24, 2.45) is 0 Å².